The molecule has 1 rings (SSSR count). The van der Waals surface area contributed by atoms with Gasteiger partial charge in [-0.2, -0.15) is 0 Å². The van der Waals surface area contributed by atoms with E-state index >= 15 is 0 Å². The lowest BCUT2D eigenvalue weighted by atomic mass is 10.1. The SMILES string of the molecule is CCCN(C(=O)CCC(=O)O)c1c(C)cccc1C. The van der Waals surface area contributed by atoms with Crippen LogP contribution in [0.5, 0.6) is 0 Å². The highest BCUT2D eigenvalue weighted by atomic mass is 16.4. The fourth-order valence-corrected chi connectivity index (χ4v) is 2.17. The van der Waals surface area contributed by atoms with Crippen LogP contribution in [0.25, 0.3) is 0 Å². The van der Waals surface area contributed by atoms with Crippen molar-refractivity contribution >= 4 is 17.6 Å². The van der Waals surface area contributed by atoms with Gasteiger partial charge in [0.2, 0.25) is 5.91 Å². The first-order valence-corrected chi connectivity index (χ1v) is 6.55. The van der Waals surface area contributed by atoms with Gasteiger partial charge >= 0.3 is 5.97 Å². The summed E-state index contributed by atoms with van der Waals surface area (Å²) in [7, 11) is 0. The molecule has 0 aliphatic rings. The molecule has 0 saturated heterocycles. The number of carbonyl (C=O) groups excluding carboxylic acids is 1. The van der Waals surface area contributed by atoms with Crippen LogP contribution in [-0.2, 0) is 9.59 Å². The number of rotatable bonds is 6. The first kappa shape index (κ1) is 15.2. The quantitative estimate of drug-likeness (QED) is 0.858. The predicted octanol–water partition coefficient (Wildman–Crippen LogP) is 2.91. The average molecular weight is 263 g/mol. The lowest BCUT2D eigenvalue weighted by Gasteiger charge is -2.25. The summed E-state index contributed by atoms with van der Waals surface area (Å²) >= 11 is 0. The lowest BCUT2D eigenvalue weighted by molar-refractivity contribution is -0.138. The maximum atomic E-state index is 12.2. The van der Waals surface area contributed by atoms with E-state index in [0.29, 0.717) is 6.54 Å². The van der Waals surface area contributed by atoms with Crippen molar-refractivity contribution in [3.05, 3.63) is 29.3 Å². The fraction of sp³-hybridized carbons (Fsp3) is 0.467. The molecular formula is C15H21NO3. The van der Waals surface area contributed by atoms with E-state index in [4.69, 9.17) is 5.11 Å². The van der Waals surface area contributed by atoms with E-state index in [0.717, 1.165) is 23.2 Å². The summed E-state index contributed by atoms with van der Waals surface area (Å²) in [5, 5.41) is 8.68. The normalized spacial score (nSPS) is 10.3. The van der Waals surface area contributed by atoms with Gasteiger partial charge in [0.25, 0.3) is 0 Å². The van der Waals surface area contributed by atoms with Crippen molar-refractivity contribution in [3.8, 4) is 0 Å². The highest BCUT2D eigenvalue weighted by Gasteiger charge is 2.19. The maximum Gasteiger partial charge on any atom is 0.303 e. The molecule has 4 heteroatoms. The predicted molar refractivity (Wildman–Crippen MR) is 75.4 cm³/mol. The van der Waals surface area contributed by atoms with Crippen LogP contribution in [0.3, 0.4) is 0 Å². The second-order valence-corrected chi connectivity index (χ2v) is 4.68. The van der Waals surface area contributed by atoms with Crippen molar-refractivity contribution < 1.29 is 14.7 Å². The van der Waals surface area contributed by atoms with Crippen molar-refractivity contribution in [1.29, 1.82) is 0 Å². The minimum absolute atomic E-state index is 0.0447. The Morgan fingerprint density at radius 1 is 1.16 bits per heavy atom. The average Bonchev–Trinajstić information content (AvgIpc) is 2.34. The molecule has 1 aromatic carbocycles. The standard InChI is InChI=1S/C15H21NO3/c1-4-10-16(13(17)8-9-14(18)19)15-11(2)6-5-7-12(15)3/h5-7H,4,8-10H2,1-3H3,(H,18,19). The Labute approximate surface area is 114 Å². The van der Waals surface area contributed by atoms with E-state index in [-0.39, 0.29) is 18.7 Å². The number of benzene rings is 1. The van der Waals surface area contributed by atoms with Gasteiger partial charge in [0.15, 0.2) is 0 Å². The molecule has 0 aliphatic carbocycles. The largest absolute Gasteiger partial charge is 0.481 e. The van der Waals surface area contributed by atoms with Crippen molar-refractivity contribution in [1.82, 2.24) is 0 Å². The van der Waals surface area contributed by atoms with Gasteiger partial charge in [-0.25, -0.2) is 0 Å². The van der Waals surface area contributed by atoms with E-state index in [1.807, 2.05) is 39.0 Å². The Hall–Kier alpha value is -1.84. The van der Waals surface area contributed by atoms with Gasteiger partial charge < -0.3 is 10.0 Å². The zero-order valence-corrected chi connectivity index (χ0v) is 11.8. The summed E-state index contributed by atoms with van der Waals surface area (Å²) in [4.78, 5) is 24.5. The Kier molecular flexibility index (Phi) is 5.55. The van der Waals surface area contributed by atoms with Gasteiger partial charge in [-0.05, 0) is 31.4 Å². The third kappa shape index (κ3) is 4.09. The van der Waals surface area contributed by atoms with Crippen LogP contribution < -0.4 is 4.90 Å². The lowest BCUT2D eigenvalue weighted by Crippen LogP contribution is -2.33. The molecule has 1 amide bonds. The third-order valence-electron chi connectivity index (χ3n) is 3.01. The van der Waals surface area contributed by atoms with E-state index in [2.05, 4.69) is 0 Å². The molecule has 0 heterocycles. The molecule has 0 aromatic heterocycles. The molecule has 104 valence electrons. The molecule has 0 aliphatic heterocycles. The molecule has 0 saturated carbocycles. The van der Waals surface area contributed by atoms with E-state index in [1.165, 1.54) is 0 Å². The van der Waals surface area contributed by atoms with Gasteiger partial charge in [0.1, 0.15) is 0 Å². The number of carboxylic acid groups (broad SMARTS) is 1. The van der Waals surface area contributed by atoms with Crippen LogP contribution >= 0.6 is 0 Å². The molecule has 4 nitrogen and oxygen atoms in total. The first-order valence-electron chi connectivity index (χ1n) is 6.55. The van der Waals surface area contributed by atoms with Crippen molar-refractivity contribution in [2.24, 2.45) is 0 Å². The Balaban J connectivity index is 2.99. The number of carboxylic acids is 1. The van der Waals surface area contributed by atoms with Crippen LogP contribution in [-0.4, -0.2) is 23.5 Å². The highest BCUT2D eigenvalue weighted by molar-refractivity contribution is 5.96. The van der Waals surface area contributed by atoms with Gasteiger partial charge in [-0.1, -0.05) is 25.1 Å². The molecule has 1 aromatic rings. The number of aliphatic carboxylic acids is 1. The highest BCUT2D eigenvalue weighted by Crippen LogP contribution is 2.25. The zero-order valence-electron chi connectivity index (χ0n) is 11.8. The Morgan fingerprint density at radius 2 is 1.74 bits per heavy atom. The molecule has 0 bridgehead atoms. The van der Waals surface area contributed by atoms with Crippen LogP contribution in [0.1, 0.15) is 37.3 Å². The summed E-state index contributed by atoms with van der Waals surface area (Å²) in [5.74, 6) is -1.06. The Bertz CT molecular complexity index is 448. The first-order chi connectivity index (χ1) is 8.97. The van der Waals surface area contributed by atoms with Crippen LogP contribution in [0.2, 0.25) is 0 Å². The molecule has 0 unspecified atom stereocenters. The monoisotopic (exact) mass is 263 g/mol. The van der Waals surface area contributed by atoms with E-state index in [1.54, 1.807) is 4.90 Å². The number of hydrogen-bond donors (Lipinski definition) is 1. The summed E-state index contributed by atoms with van der Waals surface area (Å²) in [6.45, 7) is 6.56. The maximum absolute atomic E-state index is 12.2. The molecule has 0 radical (unpaired) electrons. The number of amides is 1. The molecule has 1 N–H and O–H groups in total. The summed E-state index contributed by atoms with van der Waals surface area (Å²) < 4.78 is 0. The minimum atomic E-state index is -0.939. The molecule has 0 fully saturated rings. The van der Waals surface area contributed by atoms with Crippen LogP contribution in [0, 0.1) is 13.8 Å². The van der Waals surface area contributed by atoms with Gasteiger partial charge in [-0.15, -0.1) is 0 Å². The van der Waals surface area contributed by atoms with Crippen molar-refractivity contribution in [3.63, 3.8) is 0 Å². The second-order valence-electron chi connectivity index (χ2n) is 4.68. The number of aryl methyl sites for hydroxylation is 2. The summed E-state index contributed by atoms with van der Waals surface area (Å²) in [5.41, 5.74) is 2.99. The number of carbonyl (C=O) groups is 2. The van der Waals surface area contributed by atoms with E-state index < -0.39 is 5.97 Å². The zero-order chi connectivity index (χ0) is 14.4. The Morgan fingerprint density at radius 3 is 2.21 bits per heavy atom. The molecule has 0 atom stereocenters. The summed E-state index contributed by atoms with van der Waals surface area (Å²) in [6, 6.07) is 5.89. The van der Waals surface area contributed by atoms with Crippen LogP contribution in [0.4, 0.5) is 5.69 Å². The third-order valence-corrected chi connectivity index (χ3v) is 3.01. The number of anilines is 1. The summed E-state index contributed by atoms with van der Waals surface area (Å²) in [6.07, 6.45) is 0.764. The molecule has 0 spiro atoms. The van der Waals surface area contributed by atoms with Crippen LogP contribution in [0.15, 0.2) is 18.2 Å². The van der Waals surface area contributed by atoms with Crippen molar-refractivity contribution in [2.45, 2.75) is 40.0 Å². The number of nitrogens with zero attached hydrogens (tertiary/aromatic N) is 1. The smallest absolute Gasteiger partial charge is 0.303 e. The topological polar surface area (TPSA) is 57.6 Å². The minimum Gasteiger partial charge on any atom is -0.481 e. The van der Waals surface area contributed by atoms with Crippen molar-refractivity contribution in [2.75, 3.05) is 11.4 Å². The van der Waals surface area contributed by atoms with Gasteiger partial charge in [0.05, 0.1) is 6.42 Å². The second kappa shape index (κ2) is 6.92. The number of hydrogen-bond acceptors (Lipinski definition) is 2. The molecule has 19 heavy (non-hydrogen) atoms. The van der Waals surface area contributed by atoms with Gasteiger partial charge in [-0.3, -0.25) is 9.59 Å². The van der Waals surface area contributed by atoms with E-state index in [9.17, 15) is 9.59 Å². The number of para-hydroxylation sites is 1. The molecular weight excluding hydrogens is 242 g/mol. The van der Waals surface area contributed by atoms with Gasteiger partial charge in [0, 0.05) is 18.7 Å². The fourth-order valence-electron chi connectivity index (χ4n) is 2.17.